The van der Waals surface area contributed by atoms with Gasteiger partial charge in [0.15, 0.2) is 0 Å². The summed E-state index contributed by atoms with van der Waals surface area (Å²) < 4.78 is 0. The molecule has 0 fully saturated rings. The Kier molecular flexibility index (Phi) is 541. The molecule has 0 N–H and O–H groups in total. The molecule has 0 spiro atoms. The maximum absolute atomic E-state index is 0. The van der Waals surface area contributed by atoms with Crippen LogP contribution in [0.1, 0.15) is 5.71 Å². The van der Waals surface area contributed by atoms with E-state index in [-0.39, 0.29) is 225 Å². The molecule has 0 saturated carbocycles. The van der Waals surface area contributed by atoms with Crippen molar-refractivity contribution >= 4 is 97.8 Å². The van der Waals surface area contributed by atoms with Gasteiger partial charge >= 0.3 is 169 Å². The van der Waals surface area contributed by atoms with Crippen molar-refractivity contribution in [3.8, 4) is 0 Å². The summed E-state index contributed by atoms with van der Waals surface area (Å²) in [7, 11) is 0. The van der Waals surface area contributed by atoms with Gasteiger partial charge in [0.05, 0.1) is 0 Å². The minimum atomic E-state index is 0. The molecular formula is H4Ba2Cu2La2O3. The van der Waals surface area contributed by atoms with E-state index in [4.69, 9.17) is 0 Å². The van der Waals surface area contributed by atoms with Crippen LogP contribution in [0.2, 0.25) is 0 Å². The third-order valence-electron chi connectivity index (χ3n) is 0. The van der Waals surface area contributed by atoms with Crippen LogP contribution in [0.5, 0.6) is 0 Å². The average molecular weight is 732 g/mol. The molecule has 0 saturated heterocycles. The molecule has 0 amide bonds. The first-order valence-electron chi connectivity index (χ1n) is 0. The normalized spacial score (nSPS) is 0. The molecule has 54 valence electrons. The number of hydrogen-bond donors (Lipinski definition) is 0. The molecule has 0 atom stereocenters. The van der Waals surface area contributed by atoms with Crippen LogP contribution < -0.4 is 0 Å². The van der Waals surface area contributed by atoms with Crippen LogP contribution in [0.3, 0.4) is 0 Å². The first kappa shape index (κ1) is 77.5. The molecule has 0 aliphatic heterocycles. The van der Waals surface area contributed by atoms with Gasteiger partial charge in [-0.05, 0) is 0 Å². The second-order valence-electron chi connectivity index (χ2n) is 0. The molecule has 0 aromatic carbocycles. The molecule has 2 radical (unpaired) electrons. The minimum Gasteiger partial charge on any atom is -2.00 e. The SMILES string of the molecule is [Ba+2].[Ba+2].[Cu].[Cu].[H-].[H-].[H-].[H-].[La+3].[La+3].[O-2].[O-2].[O-2]. The molecule has 9 heavy (non-hydrogen) atoms. The molecule has 9 heteroatoms. The molecule has 3 nitrogen and oxygen atoms in total. The Morgan fingerprint density at radius 2 is 0.556 bits per heavy atom. The van der Waals surface area contributed by atoms with Gasteiger partial charge in [-0.3, -0.25) is 0 Å². The zero-order valence-corrected chi connectivity index (χ0v) is 22.4. The quantitative estimate of drug-likeness (QED) is 0.297. The Balaban J connectivity index is 0. The topological polar surface area (TPSA) is 85.5 Å². The van der Waals surface area contributed by atoms with Gasteiger partial charge in [0, 0.05) is 34.1 Å². The minimum absolute atomic E-state index is 0. The maximum atomic E-state index is 0. The molecule has 0 aromatic heterocycles. The molecule has 0 bridgehead atoms. The zero-order valence-electron chi connectivity index (χ0n) is 8.40. The van der Waals surface area contributed by atoms with Crippen molar-refractivity contribution in [2.75, 3.05) is 0 Å². The predicted molar refractivity (Wildman–Crippen MR) is 18.0 cm³/mol. The van der Waals surface area contributed by atoms with Crippen LogP contribution in [0.4, 0.5) is 0 Å². The van der Waals surface area contributed by atoms with Crippen molar-refractivity contribution in [1.82, 2.24) is 0 Å². The van der Waals surface area contributed by atoms with Gasteiger partial charge in [0.2, 0.25) is 0 Å². The first-order chi connectivity index (χ1) is 0. The van der Waals surface area contributed by atoms with Gasteiger partial charge in [-0.25, -0.2) is 0 Å². The fourth-order valence-electron chi connectivity index (χ4n) is 0. The molecule has 0 aliphatic carbocycles. The standard InChI is InChI=1S/2Ba.2Cu.2La.3O.4H/q2*+2;;;2*+3;3*-2;4*-1. The van der Waals surface area contributed by atoms with Gasteiger partial charge in [0.25, 0.3) is 0 Å². The first-order valence-corrected chi connectivity index (χ1v) is 0. The summed E-state index contributed by atoms with van der Waals surface area (Å²) in [4.78, 5) is 0. The van der Waals surface area contributed by atoms with Crippen molar-refractivity contribution in [1.29, 1.82) is 0 Å². The van der Waals surface area contributed by atoms with Crippen LogP contribution in [0.25, 0.3) is 0 Å². The summed E-state index contributed by atoms with van der Waals surface area (Å²) in [6.45, 7) is 0. The van der Waals surface area contributed by atoms with Gasteiger partial charge in [0.1, 0.15) is 0 Å². The summed E-state index contributed by atoms with van der Waals surface area (Å²) in [5, 5.41) is 0. The summed E-state index contributed by atoms with van der Waals surface area (Å²) in [6, 6.07) is 0. The van der Waals surface area contributed by atoms with Crippen molar-refractivity contribution in [2.24, 2.45) is 0 Å². The summed E-state index contributed by atoms with van der Waals surface area (Å²) >= 11 is 0. The maximum Gasteiger partial charge on any atom is 3.00 e. The van der Waals surface area contributed by atoms with E-state index in [0.29, 0.717) is 0 Å². The monoisotopic (exact) mass is 731 g/mol. The molecule has 0 unspecified atom stereocenters. The molecule has 0 rings (SSSR count). The van der Waals surface area contributed by atoms with E-state index < -0.39 is 0 Å². The Hall–Kier alpha value is 6.45. The van der Waals surface area contributed by atoms with E-state index >= 15 is 0 Å². The third kappa shape index (κ3) is 53.8. The summed E-state index contributed by atoms with van der Waals surface area (Å²) in [6.07, 6.45) is 0. The van der Waals surface area contributed by atoms with Crippen molar-refractivity contribution in [3.63, 3.8) is 0 Å². The van der Waals surface area contributed by atoms with E-state index in [1.807, 2.05) is 0 Å². The van der Waals surface area contributed by atoms with Crippen LogP contribution in [0, 0.1) is 71.2 Å². The molecule has 0 aliphatic rings. The molecule has 0 aromatic rings. The van der Waals surface area contributed by atoms with Crippen molar-refractivity contribution < 1.29 is 127 Å². The Morgan fingerprint density at radius 1 is 0.556 bits per heavy atom. The van der Waals surface area contributed by atoms with Gasteiger partial charge in [-0.15, -0.1) is 0 Å². The third-order valence-corrected chi connectivity index (χ3v) is 0. The second-order valence-corrected chi connectivity index (χ2v) is 0. The van der Waals surface area contributed by atoms with Gasteiger partial charge in [-0.1, -0.05) is 0 Å². The van der Waals surface area contributed by atoms with E-state index in [9.17, 15) is 0 Å². The summed E-state index contributed by atoms with van der Waals surface area (Å²) in [5.74, 6) is 0. The smallest absolute Gasteiger partial charge is 2.00 e. The van der Waals surface area contributed by atoms with Gasteiger partial charge < -0.3 is 22.1 Å². The van der Waals surface area contributed by atoms with Crippen molar-refractivity contribution in [3.05, 3.63) is 0 Å². The fourth-order valence-corrected chi connectivity index (χ4v) is 0. The predicted octanol–water partition coefficient (Wildman–Crippen LogP) is -0.673. The van der Waals surface area contributed by atoms with Crippen molar-refractivity contribution in [2.45, 2.75) is 0 Å². The number of hydrogen-bond acceptors (Lipinski definition) is 0. The Morgan fingerprint density at radius 3 is 0.556 bits per heavy atom. The number of rotatable bonds is 0. The zero-order chi connectivity index (χ0) is 0. The van der Waals surface area contributed by atoms with Crippen LogP contribution in [-0.4, -0.2) is 97.8 Å². The second kappa shape index (κ2) is 62.8. The van der Waals surface area contributed by atoms with E-state index in [2.05, 4.69) is 0 Å². The fraction of sp³-hybridized carbons (Fsp3) is 0. The van der Waals surface area contributed by atoms with Crippen LogP contribution in [-0.2, 0) is 50.6 Å². The largest absolute Gasteiger partial charge is 3.00 e. The Labute approximate surface area is 218 Å². The molecule has 0 heterocycles. The Bertz CT molecular complexity index is 29.4. The van der Waals surface area contributed by atoms with E-state index in [1.54, 1.807) is 0 Å². The van der Waals surface area contributed by atoms with E-state index in [1.165, 1.54) is 0 Å². The molecular weight excluding hydrogens is 728 g/mol. The van der Waals surface area contributed by atoms with E-state index in [0.717, 1.165) is 0 Å². The van der Waals surface area contributed by atoms with Gasteiger partial charge in [-0.2, -0.15) is 0 Å². The van der Waals surface area contributed by atoms with Crippen LogP contribution in [0.15, 0.2) is 0 Å². The summed E-state index contributed by atoms with van der Waals surface area (Å²) in [5.41, 5.74) is 0. The van der Waals surface area contributed by atoms with Crippen LogP contribution >= 0.6 is 0 Å². The average Bonchev–Trinajstić information content (AvgIpc) is 0.